The molecular formula is C28H19FN2O2. The number of aromatic amines is 1. The summed E-state index contributed by atoms with van der Waals surface area (Å²) in [6.45, 7) is 0. The Morgan fingerprint density at radius 3 is 2.64 bits per heavy atom. The van der Waals surface area contributed by atoms with Crippen LogP contribution >= 0.6 is 0 Å². The van der Waals surface area contributed by atoms with Crippen LogP contribution in [0.3, 0.4) is 0 Å². The van der Waals surface area contributed by atoms with Gasteiger partial charge in [0.1, 0.15) is 11.6 Å². The van der Waals surface area contributed by atoms with E-state index < -0.39 is 0 Å². The van der Waals surface area contributed by atoms with E-state index in [0.29, 0.717) is 11.7 Å². The van der Waals surface area contributed by atoms with Gasteiger partial charge in [0.15, 0.2) is 5.76 Å². The van der Waals surface area contributed by atoms with E-state index in [2.05, 4.69) is 34.2 Å². The smallest absolute Gasteiger partial charge is 0.227 e. The first-order valence-electron chi connectivity index (χ1n) is 10.6. The van der Waals surface area contributed by atoms with Gasteiger partial charge < -0.3 is 14.1 Å². The van der Waals surface area contributed by atoms with E-state index in [4.69, 9.17) is 9.15 Å². The Balaban J connectivity index is 1.42. The zero-order chi connectivity index (χ0) is 22.4. The molecule has 160 valence electrons. The number of benzene rings is 4. The van der Waals surface area contributed by atoms with Gasteiger partial charge in [-0.15, -0.1) is 0 Å². The number of nitrogens with zero attached hydrogens (tertiary/aromatic N) is 1. The molecule has 0 spiro atoms. The van der Waals surface area contributed by atoms with Crippen molar-refractivity contribution >= 4 is 21.7 Å². The van der Waals surface area contributed by atoms with Crippen LogP contribution in [0.25, 0.3) is 55.6 Å². The summed E-state index contributed by atoms with van der Waals surface area (Å²) in [6, 6.07) is 24.9. The van der Waals surface area contributed by atoms with Gasteiger partial charge in [-0.25, -0.2) is 9.37 Å². The minimum Gasteiger partial charge on any atom is -0.497 e. The number of methoxy groups -OCH3 is 1. The average Bonchev–Trinajstić information content (AvgIpc) is 3.51. The predicted octanol–water partition coefficient (Wildman–Crippen LogP) is 7.46. The molecule has 2 heterocycles. The molecule has 0 aliphatic rings. The molecule has 0 amide bonds. The standard InChI is InChI=1S/C28H19FN2O2/c1-32-21-6-2-5-19(13-21)27-16-31-28(33-27)24-7-3-4-17-12-18(8-10-22(17)24)25-15-30-26-14-20(29)9-11-23(25)26/h2-16,30H,1H3. The lowest BCUT2D eigenvalue weighted by Gasteiger charge is -2.07. The number of H-pyrrole nitrogens is 1. The first kappa shape index (κ1) is 19.3. The predicted molar refractivity (Wildman–Crippen MR) is 129 cm³/mol. The van der Waals surface area contributed by atoms with E-state index >= 15 is 0 Å². The largest absolute Gasteiger partial charge is 0.497 e. The first-order chi connectivity index (χ1) is 16.2. The monoisotopic (exact) mass is 434 g/mol. The lowest BCUT2D eigenvalue weighted by Crippen LogP contribution is -1.83. The van der Waals surface area contributed by atoms with E-state index in [9.17, 15) is 4.39 Å². The van der Waals surface area contributed by atoms with Crippen molar-refractivity contribution in [1.82, 2.24) is 9.97 Å². The molecular weight excluding hydrogens is 415 g/mol. The highest BCUT2D eigenvalue weighted by Crippen LogP contribution is 2.35. The molecule has 0 aliphatic carbocycles. The van der Waals surface area contributed by atoms with E-state index in [-0.39, 0.29) is 5.82 Å². The minimum absolute atomic E-state index is 0.252. The van der Waals surface area contributed by atoms with Gasteiger partial charge in [0.25, 0.3) is 0 Å². The van der Waals surface area contributed by atoms with Crippen LogP contribution in [0.5, 0.6) is 5.75 Å². The Bertz CT molecular complexity index is 1630. The van der Waals surface area contributed by atoms with Crippen LogP contribution in [0.1, 0.15) is 0 Å². The number of hydrogen-bond donors (Lipinski definition) is 1. The van der Waals surface area contributed by atoms with Crippen LogP contribution in [0.4, 0.5) is 4.39 Å². The van der Waals surface area contributed by atoms with Crippen LogP contribution < -0.4 is 4.74 Å². The molecule has 1 N–H and O–H groups in total. The molecule has 33 heavy (non-hydrogen) atoms. The molecule has 6 aromatic rings. The molecule has 0 aliphatic heterocycles. The summed E-state index contributed by atoms with van der Waals surface area (Å²) in [5.74, 6) is 1.76. The second-order valence-electron chi connectivity index (χ2n) is 7.90. The topological polar surface area (TPSA) is 51.0 Å². The van der Waals surface area contributed by atoms with Crippen molar-refractivity contribution in [2.24, 2.45) is 0 Å². The summed E-state index contributed by atoms with van der Waals surface area (Å²) >= 11 is 0. The molecule has 5 heteroatoms. The van der Waals surface area contributed by atoms with Crippen LogP contribution in [-0.4, -0.2) is 17.1 Å². The highest BCUT2D eigenvalue weighted by atomic mass is 19.1. The molecule has 6 rings (SSSR count). The lowest BCUT2D eigenvalue weighted by atomic mass is 9.98. The third-order valence-electron chi connectivity index (χ3n) is 5.93. The molecule has 0 fully saturated rings. The number of hydrogen-bond acceptors (Lipinski definition) is 3. The molecule has 0 bridgehead atoms. The fourth-order valence-corrected chi connectivity index (χ4v) is 4.28. The highest BCUT2D eigenvalue weighted by Gasteiger charge is 2.14. The number of aromatic nitrogens is 2. The maximum Gasteiger partial charge on any atom is 0.227 e. The molecule has 0 saturated carbocycles. The molecule has 0 atom stereocenters. The molecule has 4 aromatic carbocycles. The van der Waals surface area contributed by atoms with Gasteiger partial charge in [-0.05, 0) is 58.8 Å². The van der Waals surface area contributed by atoms with Gasteiger partial charge in [0, 0.05) is 33.8 Å². The Labute approximate surface area is 189 Å². The van der Waals surface area contributed by atoms with Gasteiger partial charge in [-0.3, -0.25) is 0 Å². The van der Waals surface area contributed by atoms with Gasteiger partial charge in [-0.2, -0.15) is 0 Å². The Hall–Kier alpha value is -4.38. The van der Waals surface area contributed by atoms with Crippen LogP contribution in [0, 0.1) is 5.82 Å². The van der Waals surface area contributed by atoms with E-state index in [1.54, 1.807) is 13.3 Å². The van der Waals surface area contributed by atoms with Crippen molar-refractivity contribution in [3.63, 3.8) is 0 Å². The van der Waals surface area contributed by atoms with E-state index in [1.165, 1.54) is 12.1 Å². The third-order valence-corrected chi connectivity index (χ3v) is 5.93. The highest BCUT2D eigenvalue weighted by molar-refractivity contribution is 6.01. The number of fused-ring (bicyclic) bond motifs is 2. The summed E-state index contributed by atoms with van der Waals surface area (Å²) in [6.07, 6.45) is 3.66. The van der Waals surface area contributed by atoms with E-state index in [1.807, 2.05) is 48.7 Å². The van der Waals surface area contributed by atoms with Crippen molar-refractivity contribution < 1.29 is 13.5 Å². The Kier molecular flexibility index (Phi) is 4.47. The fraction of sp³-hybridized carbons (Fsp3) is 0.0357. The molecule has 4 nitrogen and oxygen atoms in total. The Morgan fingerprint density at radius 2 is 1.73 bits per heavy atom. The summed E-state index contributed by atoms with van der Waals surface area (Å²) in [4.78, 5) is 7.71. The number of ether oxygens (including phenoxy) is 1. The van der Waals surface area contributed by atoms with Gasteiger partial charge in [0.2, 0.25) is 5.89 Å². The van der Waals surface area contributed by atoms with Crippen LogP contribution in [0.15, 0.2) is 95.7 Å². The van der Waals surface area contributed by atoms with Gasteiger partial charge in [0.05, 0.1) is 13.3 Å². The minimum atomic E-state index is -0.252. The molecule has 0 saturated heterocycles. The second kappa shape index (κ2) is 7.64. The van der Waals surface area contributed by atoms with E-state index in [0.717, 1.165) is 49.7 Å². The summed E-state index contributed by atoms with van der Waals surface area (Å²) in [7, 11) is 1.64. The van der Waals surface area contributed by atoms with Crippen molar-refractivity contribution in [1.29, 1.82) is 0 Å². The van der Waals surface area contributed by atoms with Crippen molar-refractivity contribution in [3.05, 3.63) is 97.1 Å². The fourth-order valence-electron chi connectivity index (χ4n) is 4.28. The quantitative estimate of drug-likeness (QED) is 0.313. The summed E-state index contributed by atoms with van der Waals surface area (Å²) in [5, 5.41) is 3.11. The van der Waals surface area contributed by atoms with Crippen molar-refractivity contribution in [2.45, 2.75) is 0 Å². The maximum absolute atomic E-state index is 13.6. The number of rotatable bonds is 4. The van der Waals surface area contributed by atoms with Crippen LogP contribution in [0.2, 0.25) is 0 Å². The Morgan fingerprint density at radius 1 is 0.848 bits per heavy atom. The SMILES string of the molecule is COc1cccc(-c2cnc(-c3cccc4cc(-c5c[nH]c6cc(F)ccc56)ccc34)o2)c1. The van der Waals surface area contributed by atoms with Gasteiger partial charge >= 0.3 is 0 Å². The molecule has 0 unspecified atom stereocenters. The van der Waals surface area contributed by atoms with Crippen molar-refractivity contribution in [2.75, 3.05) is 7.11 Å². The first-order valence-corrected chi connectivity index (χ1v) is 10.6. The lowest BCUT2D eigenvalue weighted by molar-refractivity contribution is 0.415. The number of halogens is 1. The van der Waals surface area contributed by atoms with Crippen molar-refractivity contribution in [3.8, 4) is 39.7 Å². The molecule has 0 radical (unpaired) electrons. The second-order valence-corrected chi connectivity index (χ2v) is 7.90. The number of nitrogens with one attached hydrogen (secondary N) is 1. The zero-order valence-electron chi connectivity index (χ0n) is 17.8. The zero-order valence-corrected chi connectivity index (χ0v) is 17.8. The van der Waals surface area contributed by atoms with Gasteiger partial charge in [-0.1, -0.05) is 36.4 Å². The molecule has 2 aromatic heterocycles. The summed E-state index contributed by atoms with van der Waals surface area (Å²) < 4.78 is 25.0. The number of oxazole rings is 1. The normalized spacial score (nSPS) is 11.3. The summed E-state index contributed by atoms with van der Waals surface area (Å²) in [5.41, 5.74) is 4.71. The average molecular weight is 434 g/mol. The maximum atomic E-state index is 13.6. The van der Waals surface area contributed by atoms with Crippen LogP contribution in [-0.2, 0) is 0 Å². The third kappa shape index (κ3) is 3.34.